The highest BCUT2D eigenvalue weighted by Gasteiger charge is 2.20. The second-order valence-electron chi connectivity index (χ2n) is 5.96. The van der Waals surface area contributed by atoms with Crippen LogP contribution in [0.1, 0.15) is 0 Å². The first-order valence-electron chi connectivity index (χ1n) is 7.84. The van der Waals surface area contributed by atoms with Crippen LogP contribution in [0, 0.1) is 0 Å². The van der Waals surface area contributed by atoms with Gasteiger partial charge in [0.15, 0.2) is 0 Å². The van der Waals surface area contributed by atoms with Gasteiger partial charge in [-0.2, -0.15) is 5.10 Å². The Morgan fingerprint density at radius 1 is 1.12 bits per heavy atom. The van der Waals surface area contributed by atoms with Crippen molar-refractivity contribution in [2.75, 3.05) is 36.0 Å². The number of anilines is 2. The highest BCUT2D eigenvalue weighted by Crippen LogP contribution is 2.33. The zero-order chi connectivity index (χ0) is 16.7. The molecule has 0 unspecified atom stereocenters. The fraction of sp³-hybridized carbons (Fsp3) is 0.294. The van der Waals surface area contributed by atoms with Crippen LogP contribution in [-0.2, 0) is 7.05 Å². The van der Waals surface area contributed by atoms with E-state index in [1.165, 1.54) is 11.4 Å². The second-order valence-corrected chi connectivity index (χ2v) is 7.28. The maximum absolute atomic E-state index is 6.35. The number of aromatic nitrogens is 3. The summed E-state index contributed by atoms with van der Waals surface area (Å²) in [6.07, 6.45) is 5.83. The van der Waals surface area contributed by atoms with Gasteiger partial charge < -0.3 is 9.80 Å². The van der Waals surface area contributed by atoms with Gasteiger partial charge in [-0.25, -0.2) is 0 Å². The normalized spacial score (nSPS) is 15.3. The Kier molecular flexibility index (Phi) is 4.10. The van der Waals surface area contributed by atoms with E-state index in [1.54, 1.807) is 0 Å². The highest BCUT2D eigenvalue weighted by atomic mass is 79.9. The van der Waals surface area contributed by atoms with Crippen LogP contribution < -0.4 is 9.80 Å². The van der Waals surface area contributed by atoms with Crippen molar-refractivity contribution in [2.24, 2.45) is 7.05 Å². The smallest absolute Gasteiger partial charge is 0.0909 e. The highest BCUT2D eigenvalue weighted by molar-refractivity contribution is 9.10. The summed E-state index contributed by atoms with van der Waals surface area (Å²) in [7, 11) is 1.95. The summed E-state index contributed by atoms with van der Waals surface area (Å²) in [4.78, 5) is 9.22. The Bertz CT molecular complexity index is 886. The Balaban J connectivity index is 1.61. The van der Waals surface area contributed by atoms with Crippen molar-refractivity contribution < 1.29 is 0 Å². The first-order valence-corrected chi connectivity index (χ1v) is 9.01. The standard InChI is InChI=1S/C17H17BrClN5/c1-22-11-13(10-21-22)23-4-6-24(7-5-23)16-2-3-20-17-14(16)8-12(18)9-15(17)19/h2-3,8-11H,4-7H2,1H3. The molecule has 0 spiro atoms. The van der Waals surface area contributed by atoms with E-state index in [-0.39, 0.29) is 0 Å². The molecule has 4 rings (SSSR count). The molecule has 5 nitrogen and oxygen atoms in total. The lowest BCUT2D eigenvalue weighted by Gasteiger charge is -2.37. The van der Waals surface area contributed by atoms with Gasteiger partial charge in [-0.15, -0.1) is 0 Å². The SMILES string of the molecule is Cn1cc(N2CCN(c3ccnc4c(Cl)cc(Br)cc34)CC2)cn1. The summed E-state index contributed by atoms with van der Waals surface area (Å²) in [6, 6.07) is 6.06. The van der Waals surface area contributed by atoms with Gasteiger partial charge in [-0.05, 0) is 18.2 Å². The molecule has 0 aliphatic carbocycles. The summed E-state index contributed by atoms with van der Waals surface area (Å²) < 4.78 is 2.82. The van der Waals surface area contributed by atoms with Gasteiger partial charge in [0.2, 0.25) is 0 Å². The Hall–Kier alpha value is -1.79. The van der Waals surface area contributed by atoms with Crippen molar-refractivity contribution in [1.29, 1.82) is 0 Å². The lowest BCUT2D eigenvalue weighted by atomic mass is 10.1. The molecule has 2 aromatic heterocycles. The number of hydrogen-bond acceptors (Lipinski definition) is 4. The van der Waals surface area contributed by atoms with Crippen molar-refractivity contribution in [2.45, 2.75) is 0 Å². The predicted octanol–water partition coefficient (Wildman–Crippen LogP) is 3.71. The number of pyridine rings is 1. The van der Waals surface area contributed by atoms with E-state index in [0.29, 0.717) is 5.02 Å². The molecule has 1 saturated heterocycles. The van der Waals surface area contributed by atoms with E-state index in [9.17, 15) is 0 Å². The topological polar surface area (TPSA) is 37.2 Å². The minimum absolute atomic E-state index is 0.676. The number of nitrogens with zero attached hydrogens (tertiary/aromatic N) is 5. The van der Waals surface area contributed by atoms with Crippen LogP contribution in [0.5, 0.6) is 0 Å². The molecule has 1 fully saturated rings. The molecule has 24 heavy (non-hydrogen) atoms. The molecular weight excluding hydrogens is 390 g/mol. The molecule has 1 aliphatic heterocycles. The second kappa shape index (κ2) is 6.26. The van der Waals surface area contributed by atoms with Gasteiger partial charge in [0.05, 0.1) is 22.4 Å². The van der Waals surface area contributed by atoms with Crippen molar-refractivity contribution >= 4 is 49.8 Å². The fourth-order valence-electron chi connectivity index (χ4n) is 3.22. The Morgan fingerprint density at radius 3 is 2.58 bits per heavy atom. The summed E-state index contributed by atoms with van der Waals surface area (Å²) in [5.74, 6) is 0. The Morgan fingerprint density at radius 2 is 1.88 bits per heavy atom. The maximum Gasteiger partial charge on any atom is 0.0909 e. The third-order valence-electron chi connectivity index (χ3n) is 4.42. The molecular formula is C17H17BrClN5. The first-order chi connectivity index (χ1) is 11.6. The molecule has 1 aliphatic rings. The average Bonchev–Trinajstić information content (AvgIpc) is 3.01. The van der Waals surface area contributed by atoms with Crippen LogP contribution in [0.25, 0.3) is 10.9 Å². The molecule has 0 amide bonds. The minimum atomic E-state index is 0.676. The first kappa shape index (κ1) is 15.7. The molecule has 0 N–H and O–H groups in total. The lowest BCUT2D eigenvalue weighted by Crippen LogP contribution is -2.46. The van der Waals surface area contributed by atoms with Gasteiger partial charge in [0, 0.05) is 61.2 Å². The monoisotopic (exact) mass is 405 g/mol. The number of hydrogen-bond donors (Lipinski definition) is 0. The maximum atomic E-state index is 6.35. The van der Waals surface area contributed by atoms with Crippen LogP contribution >= 0.6 is 27.5 Å². The number of aryl methyl sites for hydroxylation is 1. The van der Waals surface area contributed by atoms with Crippen molar-refractivity contribution in [3.63, 3.8) is 0 Å². The van der Waals surface area contributed by atoms with E-state index in [1.807, 2.05) is 30.2 Å². The van der Waals surface area contributed by atoms with Gasteiger partial charge in [0.1, 0.15) is 0 Å². The van der Waals surface area contributed by atoms with Crippen LogP contribution in [0.2, 0.25) is 5.02 Å². The van der Waals surface area contributed by atoms with E-state index in [2.05, 4.69) is 54.1 Å². The number of benzene rings is 1. The lowest BCUT2D eigenvalue weighted by molar-refractivity contribution is 0.654. The molecule has 0 radical (unpaired) electrons. The Labute approximate surface area is 154 Å². The van der Waals surface area contributed by atoms with Gasteiger partial charge in [0.25, 0.3) is 0 Å². The fourth-order valence-corrected chi connectivity index (χ4v) is 4.08. The predicted molar refractivity (Wildman–Crippen MR) is 102 cm³/mol. The summed E-state index contributed by atoms with van der Waals surface area (Å²) >= 11 is 9.89. The molecule has 3 aromatic rings. The largest absolute Gasteiger partial charge is 0.367 e. The van der Waals surface area contributed by atoms with E-state index >= 15 is 0 Å². The van der Waals surface area contributed by atoms with Crippen LogP contribution in [0.15, 0.2) is 41.3 Å². The minimum Gasteiger partial charge on any atom is -0.367 e. The van der Waals surface area contributed by atoms with E-state index in [0.717, 1.165) is 41.6 Å². The van der Waals surface area contributed by atoms with Crippen LogP contribution in [0.4, 0.5) is 11.4 Å². The van der Waals surface area contributed by atoms with Crippen LogP contribution in [0.3, 0.4) is 0 Å². The van der Waals surface area contributed by atoms with Crippen molar-refractivity contribution in [3.8, 4) is 0 Å². The number of rotatable bonds is 2. The van der Waals surface area contributed by atoms with Crippen LogP contribution in [-0.4, -0.2) is 40.9 Å². The quantitative estimate of drug-likeness (QED) is 0.650. The number of halogens is 2. The third-order valence-corrected chi connectivity index (χ3v) is 5.16. The van der Waals surface area contributed by atoms with Crippen molar-refractivity contribution in [1.82, 2.24) is 14.8 Å². The zero-order valence-corrected chi connectivity index (χ0v) is 15.6. The average molecular weight is 407 g/mol. The molecule has 0 saturated carbocycles. The molecule has 7 heteroatoms. The molecule has 0 bridgehead atoms. The van der Waals surface area contributed by atoms with Gasteiger partial charge >= 0.3 is 0 Å². The number of fused-ring (bicyclic) bond motifs is 1. The number of piperazine rings is 1. The van der Waals surface area contributed by atoms with E-state index < -0.39 is 0 Å². The van der Waals surface area contributed by atoms with Gasteiger partial charge in [-0.3, -0.25) is 9.67 Å². The molecule has 0 atom stereocenters. The summed E-state index contributed by atoms with van der Waals surface area (Å²) in [5.41, 5.74) is 3.23. The van der Waals surface area contributed by atoms with Crippen molar-refractivity contribution in [3.05, 3.63) is 46.3 Å². The third kappa shape index (κ3) is 2.84. The zero-order valence-electron chi connectivity index (χ0n) is 13.3. The van der Waals surface area contributed by atoms with Gasteiger partial charge in [-0.1, -0.05) is 27.5 Å². The molecule has 1 aromatic carbocycles. The summed E-state index contributed by atoms with van der Waals surface area (Å²) in [6.45, 7) is 3.85. The summed E-state index contributed by atoms with van der Waals surface area (Å²) in [5, 5.41) is 6.03. The molecule has 3 heterocycles. The van der Waals surface area contributed by atoms with E-state index in [4.69, 9.17) is 11.6 Å². The molecule has 124 valence electrons.